The highest BCUT2D eigenvalue weighted by atomic mass is 35.5. The number of carboxylic acids is 1. The molecule has 1 aliphatic rings. The quantitative estimate of drug-likeness (QED) is 0.327. The Morgan fingerprint density at radius 3 is 2.35 bits per heavy atom. The summed E-state index contributed by atoms with van der Waals surface area (Å²) in [6, 6.07) is 18.2. The molecule has 208 valence electrons. The van der Waals surface area contributed by atoms with Gasteiger partial charge in [-0.1, -0.05) is 35.9 Å². The number of carboxylic acid groups (broad SMARTS) is 1. The number of sulfonamides is 1. The Kier molecular flexibility index (Phi) is 8.17. The summed E-state index contributed by atoms with van der Waals surface area (Å²) in [5.41, 5.74) is 3.84. The molecule has 0 radical (unpaired) electrons. The fourth-order valence-electron chi connectivity index (χ4n) is 4.20. The molecule has 12 heteroatoms. The first-order valence-electron chi connectivity index (χ1n) is 12.0. The van der Waals surface area contributed by atoms with Crippen LogP contribution in [0.1, 0.15) is 16.7 Å². The molecule has 10 nitrogen and oxygen atoms in total. The van der Waals surface area contributed by atoms with E-state index in [0.29, 0.717) is 50.0 Å². The summed E-state index contributed by atoms with van der Waals surface area (Å²) in [6.45, 7) is -0.357. The Balaban J connectivity index is 1.78. The average Bonchev–Trinajstić information content (AvgIpc) is 3.19. The second kappa shape index (κ2) is 11.4. The van der Waals surface area contributed by atoms with E-state index in [4.69, 9.17) is 11.6 Å². The molecule has 2 amide bonds. The van der Waals surface area contributed by atoms with Gasteiger partial charge in [0.25, 0.3) is 5.91 Å². The summed E-state index contributed by atoms with van der Waals surface area (Å²) in [7, 11) is -0.667. The highest BCUT2D eigenvalue weighted by Crippen LogP contribution is 2.39. The number of nitrogens with zero attached hydrogens (tertiary/aromatic N) is 2. The lowest BCUT2D eigenvalue weighted by Gasteiger charge is -2.24. The minimum absolute atomic E-state index is 0.198. The Labute approximate surface area is 236 Å². The van der Waals surface area contributed by atoms with Crippen LogP contribution < -0.4 is 14.9 Å². The van der Waals surface area contributed by atoms with Crippen LogP contribution in [-0.4, -0.2) is 63.1 Å². The highest BCUT2D eigenvalue weighted by Gasteiger charge is 2.29. The number of benzene rings is 3. The Morgan fingerprint density at radius 2 is 1.73 bits per heavy atom. The van der Waals surface area contributed by atoms with Gasteiger partial charge in [-0.3, -0.25) is 18.7 Å². The van der Waals surface area contributed by atoms with Crippen LogP contribution in [0, 0.1) is 0 Å². The first kappa shape index (κ1) is 28.7. The molecular weight excluding hydrogens is 556 g/mol. The number of nitrogens with one attached hydrogen (secondary N) is 2. The molecule has 0 aromatic heterocycles. The average molecular weight is 583 g/mol. The van der Waals surface area contributed by atoms with Crippen molar-refractivity contribution in [1.82, 2.24) is 4.90 Å². The molecule has 4 rings (SSSR count). The van der Waals surface area contributed by atoms with Gasteiger partial charge in [-0.25, -0.2) is 8.42 Å². The first-order chi connectivity index (χ1) is 18.8. The van der Waals surface area contributed by atoms with Crippen LogP contribution in [0.25, 0.3) is 11.3 Å². The van der Waals surface area contributed by atoms with Gasteiger partial charge in [-0.2, -0.15) is 0 Å². The number of carbonyl (C=O) groups excluding carboxylic acids is 2. The van der Waals surface area contributed by atoms with Crippen LogP contribution in [0.2, 0.25) is 5.02 Å². The number of fused-ring (bicyclic) bond motifs is 1. The molecule has 0 saturated carbocycles. The van der Waals surface area contributed by atoms with E-state index in [1.165, 1.54) is 4.90 Å². The van der Waals surface area contributed by atoms with Gasteiger partial charge in [0.1, 0.15) is 6.54 Å². The number of rotatable bonds is 9. The molecule has 0 fully saturated rings. The summed E-state index contributed by atoms with van der Waals surface area (Å²) in [5, 5.41) is 15.8. The van der Waals surface area contributed by atoms with E-state index in [2.05, 4.69) is 10.6 Å². The summed E-state index contributed by atoms with van der Waals surface area (Å²) in [5.74, 6) is -1.74. The van der Waals surface area contributed by atoms with Gasteiger partial charge >= 0.3 is 5.97 Å². The van der Waals surface area contributed by atoms with E-state index < -0.39 is 16.0 Å². The second-order valence-corrected chi connectivity index (χ2v) is 11.7. The third-order valence-corrected chi connectivity index (χ3v) is 7.53. The Hall–Kier alpha value is -4.35. The topological polar surface area (TPSA) is 136 Å². The predicted molar refractivity (Wildman–Crippen MR) is 156 cm³/mol. The smallest absolute Gasteiger partial charge is 0.307 e. The molecule has 3 aromatic rings. The van der Waals surface area contributed by atoms with Gasteiger partial charge in [0.2, 0.25) is 15.9 Å². The summed E-state index contributed by atoms with van der Waals surface area (Å²) in [6.07, 6.45) is 0.827. The number of hydrogen-bond donors (Lipinski definition) is 3. The number of aliphatic carboxylic acids is 1. The van der Waals surface area contributed by atoms with E-state index in [1.807, 2.05) is 0 Å². The van der Waals surface area contributed by atoms with E-state index in [1.54, 1.807) is 80.8 Å². The van der Waals surface area contributed by atoms with Gasteiger partial charge in [0.05, 0.1) is 35.3 Å². The molecule has 0 spiro atoms. The van der Waals surface area contributed by atoms with Crippen molar-refractivity contribution in [3.8, 4) is 0 Å². The van der Waals surface area contributed by atoms with Crippen LogP contribution in [0.3, 0.4) is 0 Å². The fraction of sp³-hybridized carbons (Fsp3) is 0.179. The van der Waals surface area contributed by atoms with Gasteiger partial charge < -0.3 is 20.6 Å². The monoisotopic (exact) mass is 582 g/mol. The highest BCUT2D eigenvalue weighted by molar-refractivity contribution is 7.92. The number of carbonyl (C=O) groups is 3. The lowest BCUT2D eigenvalue weighted by Crippen LogP contribution is -2.39. The van der Waals surface area contributed by atoms with Crippen molar-refractivity contribution in [2.45, 2.75) is 6.42 Å². The molecule has 0 atom stereocenters. The minimum atomic E-state index is -3.75. The molecule has 1 heterocycles. The zero-order chi connectivity index (χ0) is 29.2. The van der Waals surface area contributed by atoms with Gasteiger partial charge in [0, 0.05) is 30.4 Å². The molecule has 0 unspecified atom stereocenters. The van der Waals surface area contributed by atoms with Gasteiger partial charge in [-0.15, -0.1) is 0 Å². The number of hydrogen-bond acceptors (Lipinski definition) is 6. The van der Waals surface area contributed by atoms with Crippen LogP contribution in [0.5, 0.6) is 0 Å². The van der Waals surface area contributed by atoms with Crippen LogP contribution in [-0.2, 0) is 30.8 Å². The predicted octanol–water partition coefficient (Wildman–Crippen LogP) is 3.75. The number of likely N-dealkylation sites (N-methyl/N-ethyl adjacent to an activating group) is 1. The third-order valence-electron chi connectivity index (χ3n) is 6.15. The third kappa shape index (κ3) is 6.44. The van der Waals surface area contributed by atoms with Crippen molar-refractivity contribution in [2.75, 3.05) is 41.8 Å². The lowest BCUT2D eigenvalue weighted by molar-refractivity contribution is -0.136. The summed E-state index contributed by atoms with van der Waals surface area (Å²) in [4.78, 5) is 38.1. The van der Waals surface area contributed by atoms with Gasteiger partial charge in [-0.05, 0) is 53.6 Å². The lowest BCUT2D eigenvalue weighted by atomic mass is 9.98. The summed E-state index contributed by atoms with van der Waals surface area (Å²) >= 11 is 6.13. The maximum Gasteiger partial charge on any atom is 0.307 e. The number of halogens is 1. The van der Waals surface area contributed by atoms with Crippen molar-refractivity contribution in [1.29, 1.82) is 0 Å². The first-order valence-corrected chi connectivity index (χ1v) is 14.3. The molecule has 1 aliphatic heterocycles. The van der Waals surface area contributed by atoms with Crippen molar-refractivity contribution < 1.29 is 27.9 Å². The molecule has 40 heavy (non-hydrogen) atoms. The van der Waals surface area contributed by atoms with Crippen LogP contribution in [0.15, 0.2) is 66.7 Å². The zero-order valence-corrected chi connectivity index (χ0v) is 23.5. The van der Waals surface area contributed by atoms with E-state index >= 15 is 0 Å². The molecule has 3 N–H and O–H groups in total. The molecular formula is C28H27ClN4O6S. The van der Waals surface area contributed by atoms with E-state index in [9.17, 15) is 27.9 Å². The van der Waals surface area contributed by atoms with E-state index in [0.717, 1.165) is 10.6 Å². The molecule has 3 aromatic carbocycles. The van der Waals surface area contributed by atoms with Crippen molar-refractivity contribution in [2.24, 2.45) is 0 Å². The van der Waals surface area contributed by atoms with Crippen molar-refractivity contribution in [3.63, 3.8) is 0 Å². The second-order valence-electron chi connectivity index (χ2n) is 9.39. The number of amides is 2. The van der Waals surface area contributed by atoms with Gasteiger partial charge in [0.15, 0.2) is 0 Å². The SMILES string of the molecule is CN(C)C(=O)CN(c1ccc(NC(=C2C(=O)Nc3cc(Cl)ccc32)c2cccc(CC(=O)O)c2)cc1)S(C)(=O)=O. The number of anilines is 3. The maximum atomic E-state index is 13.2. The Morgan fingerprint density at radius 1 is 1.02 bits per heavy atom. The molecule has 0 saturated heterocycles. The normalized spacial score (nSPS) is 13.8. The Bertz CT molecular complexity index is 1630. The standard InChI is InChI=1S/C28H27ClN4O6S/c1-32(2)24(34)16-33(40(3,38)39)21-10-8-20(9-11-21)30-27(18-6-4-5-17(13-18)14-25(35)36)26-22-12-7-19(29)15-23(22)31-28(26)37/h4-13,15,30H,14,16H2,1-3H3,(H,31,37)(H,35,36). The largest absolute Gasteiger partial charge is 0.481 e. The molecule has 0 bridgehead atoms. The van der Waals surface area contributed by atoms with Crippen molar-refractivity contribution >= 4 is 67.7 Å². The maximum absolute atomic E-state index is 13.2. The fourth-order valence-corrected chi connectivity index (χ4v) is 5.23. The zero-order valence-electron chi connectivity index (χ0n) is 21.9. The van der Waals surface area contributed by atoms with Crippen LogP contribution >= 0.6 is 11.6 Å². The minimum Gasteiger partial charge on any atom is -0.481 e. The van der Waals surface area contributed by atoms with Crippen molar-refractivity contribution in [3.05, 3.63) is 88.4 Å². The summed E-state index contributed by atoms with van der Waals surface area (Å²) < 4.78 is 25.9. The molecule has 0 aliphatic carbocycles. The van der Waals surface area contributed by atoms with Crippen LogP contribution in [0.4, 0.5) is 17.1 Å². The van der Waals surface area contributed by atoms with E-state index in [-0.39, 0.29) is 24.8 Å².